The Morgan fingerprint density at radius 3 is 1.87 bits per heavy atom. The largest absolute Gasteiger partial charge is 0.497 e. The van der Waals surface area contributed by atoms with Crippen LogP contribution in [0, 0.1) is 5.92 Å². The van der Waals surface area contributed by atoms with Crippen molar-refractivity contribution in [1.29, 1.82) is 0 Å². The van der Waals surface area contributed by atoms with E-state index in [1.165, 1.54) is 0 Å². The number of ether oxygens (including phenoxy) is 4. The van der Waals surface area contributed by atoms with Crippen LogP contribution in [-0.4, -0.2) is 93.7 Å². The third-order valence-corrected chi connectivity index (χ3v) is 8.07. The molecule has 5 rings (SSSR count). The van der Waals surface area contributed by atoms with Crippen LogP contribution >= 0.6 is 0 Å². The average molecular weight is 521 g/mol. The molecule has 8 heteroatoms. The minimum Gasteiger partial charge on any atom is -0.497 e. The standard InChI is InChI=1S/C30H36N2O6/c1-35-25-7-3-22(4-8-25)28(33)27-21-24(31-13-17-37-18-14-31)11-12-30(27,32-15-19-38-20-16-32)29(34)23-5-9-26(36-2)10-6-23/h3-11,27H,12-21H2,1-2H3. The number of hydrogen-bond acceptors (Lipinski definition) is 8. The smallest absolute Gasteiger partial charge is 0.184 e. The molecule has 0 radical (unpaired) electrons. The second kappa shape index (κ2) is 11.7. The summed E-state index contributed by atoms with van der Waals surface area (Å²) in [5.41, 5.74) is 1.25. The molecule has 0 spiro atoms. The van der Waals surface area contributed by atoms with Gasteiger partial charge in [-0.1, -0.05) is 6.08 Å². The Kier molecular flexibility index (Phi) is 8.12. The van der Waals surface area contributed by atoms with Gasteiger partial charge in [-0.3, -0.25) is 14.5 Å². The number of carbonyl (C=O) groups excluding carboxylic acids is 2. The Hall–Kier alpha value is -3.20. The monoisotopic (exact) mass is 520 g/mol. The van der Waals surface area contributed by atoms with Crippen LogP contribution in [0.2, 0.25) is 0 Å². The predicted octanol–water partition coefficient (Wildman–Crippen LogP) is 3.47. The first-order chi connectivity index (χ1) is 18.6. The molecule has 2 heterocycles. The first kappa shape index (κ1) is 26.4. The topological polar surface area (TPSA) is 77.5 Å². The first-order valence-electron chi connectivity index (χ1n) is 13.3. The summed E-state index contributed by atoms with van der Waals surface area (Å²) in [5.74, 6) is 0.747. The number of allylic oxidation sites excluding steroid dienone is 1. The molecule has 0 bridgehead atoms. The Morgan fingerprint density at radius 1 is 0.789 bits per heavy atom. The van der Waals surface area contributed by atoms with Gasteiger partial charge in [0, 0.05) is 43.0 Å². The average Bonchev–Trinajstić information content (AvgIpc) is 3.01. The number of ketones is 2. The molecule has 2 aromatic carbocycles. The third kappa shape index (κ3) is 5.08. The maximum Gasteiger partial charge on any atom is 0.184 e. The van der Waals surface area contributed by atoms with Crippen molar-refractivity contribution >= 4 is 11.6 Å². The lowest BCUT2D eigenvalue weighted by molar-refractivity contribution is -0.0348. The van der Waals surface area contributed by atoms with E-state index in [0.717, 1.165) is 18.8 Å². The molecule has 2 saturated heterocycles. The van der Waals surface area contributed by atoms with E-state index in [4.69, 9.17) is 18.9 Å². The van der Waals surface area contributed by atoms with Crippen molar-refractivity contribution in [1.82, 2.24) is 9.80 Å². The van der Waals surface area contributed by atoms with Gasteiger partial charge in [0.15, 0.2) is 11.6 Å². The molecule has 8 nitrogen and oxygen atoms in total. The van der Waals surface area contributed by atoms with Crippen molar-refractivity contribution < 1.29 is 28.5 Å². The van der Waals surface area contributed by atoms with Gasteiger partial charge in [-0.15, -0.1) is 0 Å². The molecule has 1 aliphatic carbocycles. The summed E-state index contributed by atoms with van der Waals surface area (Å²) in [6, 6.07) is 14.4. The summed E-state index contributed by atoms with van der Waals surface area (Å²) in [7, 11) is 3.21. The fourth-order valence-electron chi connectivity index (χ4n) is 5.95. The maximum atomic E-state index is 14.6. The summed E-state index contributed by atoms with van der Waals surface area (Å²) < 4.78 is 21.9. The lowest BCUT2D eigenvalue weighted by atomic mass is 9.66. The van der Waals surface area contributed by atoms with Crippen molar-refractivity contribution in [3.05, 3.63) is 71.4 Å². The Bertz CT molecular complexity index is 1150. The van der Waals surface area contributed by atoms with Gasteiger partial charge in [0.1, 0.15) is 11.5 Å². The molecule has 2 aliphatic heterocycles. The third-order valence-electron chi connectivity index (χ3n) is 8.07. The van der Waals surface area contributed by atoms with Crippen molar-refractivity contribution in [3.8, 4) is 11.5 Å². The van der Waals surface area contributed by atoms with Crippen LogP contribution in [0.3, 0.4) is 0 Å². The fraction of sp³-hybridized carbons (Fsp3) is 0.467. The Morgan fingerprint density at radius 2 is 1.32 bits per heavy atom. The molecule has 202 valence electrons. The molecule has 2 atom stereocenters. The van der Waals surface area contributed by atoms with E-state index in [0.29, 0.717) is 75.0 Å². The minimum absolute atomic E-state index is 0.0279. The highest BCUT2D eigenvalue weighted by Gasteiger charge is 2.54. The van der Waals surface area contributed by atoms with E-state index in [1.807, 2.05) is 0 Å². The van der Waals surface area contributed by atoms with Crippen LogP contribution in [-0.2, 0) is 9.47 Å². The molecule has 2 fully saturated rings. The quantitative estimate of drug-likeness (QED) is 0.490. The predicted molar refractivity (Wildman–Crippen MR) is 143 cm³/mol. The highest BCUT2D eigenvalue weighted by Crippen LogP contribution is 2.44. The molecule has 0 aromatic heterocycles. The van der Waals surface area contributed by atoms with Crippen LogP contribution in [0.25, 0.3) is 0 Å². The highest BCUT2D eigenvalue weighted by molar-refractivity contribution is 6.10. The molecule has 2 aromatic rings. The SMILES string of the molecule is COc1ccc(C(=O)C2CC(N3CCOCC3)=CCC2(C(=O)c2ccc(OC)cc2)N2CCOCC2)cc1. The maximum absolute atomic E-state index is 14.6. The van der Waals surface area contributed by atoms with Gasteiger partial charge >= 0.3 is 0 Å². The normalized spacial score (nSPS) is 24.4. The van der Waals surface area contributed by atoms with E-state index >= 15 is 0 Å². The zero-order chi connectivity index (χ0) is 26.5. The molecule has 3 aliphatic rings. The van der Waals surface area contributed by atoms with Crippen molar-refractivity contribution in [2.75, 3.05) is 66.8 Å². The van der Waals surface area contributed by atoms with Crippen LogP contribution in [0.4, 0.5) is 0 Å². The number of morpholine rings is 2. The summed E-state index contributed by atoms with van der Waals surface area (Å²) in [4.78, 5) is 33.5. The van der Waals surface area contributed by atoms with Crippen LogP contribution in [0.1, 0.15) is 33.6 Å². The van der Waals surface area contributed by atoms with Crippen LogP contribution < -0.4 is 9.47 Å². The number of rotatable bonds is 8. The summed E-state index contributed by atoms with van der Waals surface area (Å²) in [6.45, 7) is 5.13. The van der Waals surface area contributed by atoms with E-state index in [2.05, 4.69) is 15.9 Å². The van der Waals surface area contributed by atoms with Crippen molar-refractivity contribution in [2.45, 2.75) is 18.4 Å². The number of benzene rings is 2. The van der Waals surface area contributed by atoms with E-state index < -0.39 is 11.5 Å². The molecular weight excluding hydrogens is 484 g/mol. The van der Waals surface area contributed by atoms with Gasteiger partial charge in [0.2, 0.25) is 0 Å². The number of carbonyl (C=O) groups is 2. The Labute approximate surface area is 224 Å². The van der Waals surface area contributed by atoms with Gasteiger partial charge in [-0.25, -0.2) is 0 Å². The lowest BCUT2D eigenvalue weighted by Crippen LogP contribution is -2.65. The molecule has 38 heavy (non-hydrogen) atoms. The molecule has 2 unspecified atom stereocenters. The zero-order valence-corrected chi connectivity index (χ0v) is 22.2. The molecule has 0 N–H and O–H groups in total. The molecule has 0 saturated carbocycles. The number of hydrogen-bond donors (Lipinski definition) is 0. The summed E-state index contributed by atoms with van der Waals surface area (Å²) in [6.07, 6.45) is 3.13. The first-order valence-corrected chi connectivity index (χ1v) is 13.3. The molecular formula is C30H36N2O6. The second-order valence-corrected chi connectivity index (χ2v) is 9.93. The summed E-state index contributed by atoms with van der Waals surface area (Å²) in [5, 5.41) is 0. The van der Waals surface area contributed by atoms with Gasteiger partial charge in [-0.2, -0.15) is 0 Å². The fourth-order valence-corrected chi connectivity index (χ4v) is 5.95. The number of methoxy groups -OCH3 is 2. The van der Waals surface area contributed by atoms with Gasteiger partial charge in [-0.05, 0) is 61.4 Å². The zero-order valence-electron chi connectivity index (χ0n) is 22.2. The van der Waals surface area contributed by atoms with E-state index in [-0.39, 0.29) is 11.6 Å². The van der Waals surface area contributed by atoms with Crippen LogP contribution in [0.15, 0.2) is 60.3 Å². The van der Waals surface area contributed by atoms with Crippen molar-refractivity contribution in [2.24, 2.45) is 5.92 Å². The van der Waals surface area contributed by atoms with Crippen LogP contribution in [0.5, 0.6) is 11.5 Å². The molecule has 0 amide bonds. The minimum atomic E-state index is -1.02. The highest BCUT2D eigenvalue weighted by atomic mass is 16.5. The van der Waals surface area contributed by atoms with Gasteiger partial charge in [0.25, 0.3) is 0 Å². The van der Waals surface area contributed by atoms with Gasteiger partial charge < -0.3 is 23.8 Å². The van der Waals surface area contributed by atoms with E-state index in [9.17, 15) is 9.59 Å². The summed E-state index contributed by atoms with van der Waals surface area (Å²) >= 11 is 0. The van der Waals surface area contributed by atoms with E-state index in [1.54, 1.807) is 62.8 Å². The lowest BCUT2D eigenvalue weighted by Gasteiger charge is -2.51. The Balaban J connectivity index is 1.60. The number of nitrogens with zero attached hydrogens (tertiary/aromatic N) is 2. The second-order valence-electron chi connectivity index (χ2n) is 9.93. The number of Topliss-reactive ketones (excluding diaryl/α,β-unsaturated/α-hetero) is 2. The van der Waals surface area contributed by atoms with Gasteiger partial charge in [0.05, 0.1) is 52.1 Å². The van der Waals surface area contributed by atoms with Crippen molar-refractivity contribution in [3.63, 3.8) is 0 Å².